The summed E-state index contributed by atoms with van der Waals surface area (Å²) in [5, 5.41) is 0. The summed E-state index contributed by atoms with van der Waals surface area (Å²) in [5.74, 6) is 6.95. The van der Waals surface area contributed by atoms with E-state index >= 15 is 0 Å². The van der Waals surface area contributed by atoms with E-state index in [0.29, 0.717) is 6.04 Å². The summed E-state index contributed by atoms with van der Waals surface area (Å²) in [6.45, 7) is 3.54. The van der Waals surface area contributed by atoms with Crippen LogP contribution in [0.15, 0.2) is 0 Å². The molecule has 0 amide bonds. The molecule has 0 unspecified atom stereocenters. The molecule has 2 saturated heterocycles. The molecule has 2 heterocycles. The third-order valence-corrected chi connectivity index (χ3v) is 4.01. The SMILES string of the molecule is CCCCC#C[C@@H]1CCCC[C@@H]2CCCN21. The van der Waals surface area contributed by atoms with Crippen molar-refractivity contribution >= 4 is 0 Å². The van der Waals surface area contributed by atoms with Gasteiger partial charge in [-0.15, -0.1) is 5.92 Å². The zero-order valence-corrected chi connectivity index (χ0v) is 10.7. The fourth-order valence-corrected chi connectivity index (χ4v) is 3.07. The van der Waals surface area contributed by atoms with Gasteiger partial charge in [0.05, 0.1) is 6.04 Å². The monoisotopic (exact) mass is 219 g/mol. The van der Waals surface area contributed by atoms with Gasteiger partial charge in [-0.3, -0.25) is 4.90 Å². The summed E-state index contributed by atoms with van der Waals surface area (Å²) in [4.78, 5) is 2.70. The predicted octanol–water partition coefficient (Wildman–Crippen LogP) is 3.59. The molecule has 0 N–H and O–H groups in total. The van der Waals surface area contributed by atoms with E-state index in [2.05, 4.69) is 23.7 Å². The lowest BCUT2D eigenvalue weighted by Gasteiger charge is -2.26. The van der Waals surface area contributed by atoms with Gasteiger partial charge in [0.2, 0.25) is 0 Å². The molecule has 0 aromatic heterocycles. The first-order valence-corrected chi connectivity index (χ1v) is 7.16. The quantitative estimate of drug-likeness (QED) is 0.507. The molecule has 16 heavy (non-hydrogen) atoms. The van der Waals surface area contributed by atoms with Crippen LogP contribution >= 0.6 is 0 Å². The summed E-state index contributed by atoms with van der Waals surface area (Å²) in [7, 11) is 0. The number of nitrogens with zero attached hydrogens (tertiary/aromatic N) is 1. The van der Waals surface area contributed by atoms with Gasteiger partial charge in [-0.25, -0.2) is 0 Å². The van der Waals surface area contributed by atoms with Crippen molar-refractivity contribution in [3.63, 3.8) is 0 Å². The Hall–Kier alpha value is -0.480. The van der Waals surface area contributed by atoms with E-state index in [1.165, 1.54) is 57.9 Å². The molecule has 2 rings (SSSR count). The summed E-state index contributed by atoms with van der Waals surface area (Å²) in [5.41, 5.74) is 0. The molecule has 1 nitrogen and oxygen atoms in total. The molecular weight excluding hydrogens is 194 g/mol. The molecule has 0 spiro atoms. The second kappa shape index (κ2) is 6.30. The molecule has 2 aliphatic rings. The Balaban J connectivity index is 1.91. The first-order chi connectivity index (χ1) is 7.92. The van der Waals surface area contributed by atoms with Crippen LogP contribution in [-0.4, -0.2) is 23.5 Å². The Labute approximate surface area is 101 Å². The van der Waals surface area contributed by atoms with Crippen molar-refractivity contribution in [2.45, 2.75) is 76.8 Å². The Kier molecular flexibility index (Phi) is 4.72. The van der Waals surface area contributed by atoms with Crippen LogP contribution in [-0.2, 0) is 0 Å². The lowest BCUT2D eigenvalue weighted by Crippen LogP contribution is -2.36. The molecule has 90 valence electrons. The smallest absolute Gasteiger partial charge is 0.0716 e. The lowest BCUT2D eigenvalue weighted by molar-refractivity contribution is 0.219. The third kappa shape index (κ3) is 3.01. The van der Waals surface area contributed by atoms with Crippen LogP contribution in [0.1, 0.15) is 64.7 Å². The van der Waals surface area contributed by atoms with E-state index in [9.17, 15) is 0 Å². The molecule has 0 aliphatic carbocycles. The van der Waals surface area contributed by atoms with Crippen LogP contribution < -0.4 is 0 Å². The maximum atomic E-state index is 3.54. The standard InChI is InChI=1S/C15H25N/c1-2-3-4-5-9-14-10-6-7-11-15-12-8-13-16(14)15/h14-15H,2-4,6-8,10-13H2,1H3/t14-,15-/m1/s1. The first-order valence-electron chi connectivity index (χ1n) is 7.16. The van der Waals surface area contributed by atoms with Crippen LogP contribution in [0.3, 0.4) is 0 Å². The minimum absolute atomic E-state index is 0.590. The lowest BCUT2D eigenvalue weighted by atomic mass is 10.1. The van der Waals surface area contributed by atoms with Crippen LogP contribution in [0.5, 0.6) is 0 Å². The summed E-state index contributed by atoms with van der Waals surface area (Å²) in [6.07, 6.45) is 12.0. The maximum absolute atomic E-state index is 3.54. The molecular formula is C15H25N. The van der Waals surface area contributed by atoms with Crippen molar-refractivity contribution in [2.24, 2.45) is 0 Å². The van der Waals surface area contributed by atoms with E-state index in [-0.39, 0.29) is 0 Å². The van der Waals surface area contributed by atoms with E-state index in [1.54, 1.807) is 0 Å². The van der Waals surface area contributed by atoms with E-state index in [0.717, 1.165) is 12.5 Å². The molecule has 2 atom stereocenters. The zero-order chi connectivity index (χ0) is 11.2. The van der Waals surface area contributed by atoms with Gasteiger partial charge in [-0.1, -0.05) is 32.1 Å². The van der Waals surface area contributed by atoms with Crippen LogP contribution in [0.4, 0.5) is 0 Å². The van der Waals surface area contributed by atoms with Crippen molar-refractivity contribution in [1.29, 1.82) is 0 Å². The third-order valence-electron chi connectivity index (χ3n) is 4.01. The highest BCUT2D eigenvalue weighted by molar-refractivity contribution is 5.10. The van der Waals surface area contributed by atoms with E-state index in [1.807, 2.05) is 0 Å². The maximum Gasteiger partial charge on any atom is 0.0716 e. The number of fused-ring (bicyclic) bond motifs is 1. The number of rotatable bonds is 2. The Morgan fingerprint density at radius 3 is 2.81 bits per heavy atom. The predicted molar refractivity (Wildman–Crippen MR) is 69.3 cm³/mol. The summed E-state index contributed by atoms with van der Waals surface area (Å²) < 4.78 is 0. The van der Waals surface area contributed by atoms with Crippen molar-refractivity contribution in [1.82, 2.24) is 4.90 Å². The van der Waals surface area contributed by atoms with E-state index < -0.39 is 0 Å². The molecule has 2 aliphatic heterocycles. The number of hydrogen-bond acceptors (Lipinski definition) is 1. The fourth-order valence-electron chi connectivity index (χ4n) is 3.07. The van der Waals surface area contributed by atoms with Crippen molar-refractivity contribution < 1.29 is 0 Å². The molecule has 0 saturated carbocycles. The molecule has 0 radical (unpaired) electrons. The molecule has 2 fully saturated rings. The fraction of sp³-hybridized carbons (Fsp3) is 0.867. The minimum Gasteiger partial charge on any atom is -0.287 e. The van der Waals surface area contributed by atoms with Gasteiger partial charge >= 0.3 is 0 Å². The van der Waals surface area contributed by atoms with Gasteiger partial charge in [0.1, 0.15) is 0 Å². The van der Waals surface area contributed by atoms with Gasteiger partial charge in [-0.05, 0) is 38.6 Å². The van der Waals surface area contributed by atoms with Crippen LogP contribution in [0.25, 0.3) is 0 Å². The van der Waals surface area contributed by atoms with Crippen molar-refractivity contribution in [2.75, 3.05) is 6.54 Å². The van der Waals surface area contributed by atoms with Crippen LogP contribution in [0, 0.1) is 11.8 Å². The molecule has 1 heteroatoms. The molecule has 0 aromatic rings. The normalized spacial score (nSPS) is 30.3. The van der Waals surface area contributed by atoms with Crippen molar-refractivity contribution in [3.8, 4) is 11.8 Å². The highest BCUT2D eigenvalue weighted by atomic mass is 15.2. The zero-order valence-electron chi connectivity index (χ0n) is 10.7. The highest BCUT2D eigenvalue weighted by Gasteiger charge is 2.31. The Morgan fingerprint density at radius 1 is 1.12 bits per heavy atom. The van der Waals surface area contributed by atoms with Gasteiger partial charge in [0, 0.05) is 12.5 Å². The largest absolute Gasteiger partial charge is 0.287 e. The highest BCUT2D eigenvalue weighted by Crippen LogP contribution is 2.29. The second-order valence-corrected chi connectivity index (χ2v) is 5.26. The topological polar surface area (TPSA) is 3.24 Å². The van der Waals surface area contributed by atoms with Crippen LogP contribution in [0.2, 0.25) is 0 Å². The molecule has 0 bridgehead atoms. The van der Waals surface area contributed by atoms with Gasteiger partial charge in [0.25, 0.3) is 0 Å². The second-order valence-electron chi connectivity index (χ2n) is 5.26. The Bertz CT molecular complexity index is 260. The average Bonchev–Trinajstić information content (AvgIpc) is 2.68. The minimum atomic E-state index is 0.590. The van der Waals surface area contributed by atoms with E-state index in [4.69, 9.17) is 0 Å². The average molecular weight is 219 g/mol. The number of hydrogen-bond donors (Lipinski definition) is 0. The van der Waals surface area contributed by atoms with Gasteiger partial charge < -0.3 is 0 Å². The first kappa shape index (κ1) is 12.0. The van der Waals surface area contributed by atoms with Gasteiger partial charge in [0.15, 0.2) is 0 Å². The molecule has 0 aromatic carbocycles. The summed E-state index contributed by atoms with van der Waals surface area (Å²) >= 11 is 0. The summed E-state index contributed by atoms with van der Waals surface area (Å²) in [6, 6.07) is 1.46. The number of unbranched alkanes of at least 4 members (excludes halogenated alkanes) is 2. The van der Waals surface area contributed by atoms with Gasteiger partial charge in [-0.2, -0.15) is 0 Å². The van der Waals surface area contributed by atoms with Crippen molar-refractivity contribution in [3.05, 3.63) is 0 Å². The Morgan fingerprint density at radius 2 is 1.94 bits per heavy atom.